The molecule has 0 heterocycles. The molecule has 1 aromatic rings. The van der Waals surface area contributed by atoms with Crippen LogP contribution < -0.4 is 25.8 Å². The highest BCUT2D eigenvalue weighted by molar-refractivity contribution is 5.95. The number of benzene rings is 1. The third-order valence-electron chi connectivity index (χ3n) is 3.11. The van der Waals surface area contributed by atoms with Crippen LogP contribution in [0.3, 0.4) is 0 Å². The van der Waals surface area contributed by atoms with E-state index in [1.165, 1.54) is 14.2 Å². The molecule has 7 nitrogen and oxygen atoms in total. The molecule has 1 rings (SSSR count). The van der Waals surface area contributed by atoms with Crippen LogP contribution in [0.25, 0.3) is 0 Å². The van der Waals surface area contributed by atoms with Gasteiger partial charge in [-0.15, -0.1) is 0 Å². The summed E-state index contributed by atoms with van der Waals surface area (Å²) < 4.78 is 10.3. The van der Waals surface area contributed by atoms with E-state index in [2.05, 4.69) is 10.6 Å². The molecule has 0 aromatic heterocycles. The summed E-state index contributed by atoms with van der Waals surface area (Å²) in [6.45, 7) is 3.54. The molecule has 0 saturated heterocycles. The Morgan fingerprint density at radius 2 is 1.82 bits per heavy atom. The molecule has 0 unspecified atom stereocenters. The summed E-state index contributed by atoms with van der Waals surface area (Å²) in [5.74, 6) is 0.380. The van der Waals surface area contributed by atoms with Crippen molar-refractivity contribution in [2.45, 2.75) is 19.9 Å². The van der Waals surface area contributed by atoms with Crippen molar-refractivity contribution in [3.05, 3.63) is 18.2 Å². The molecule has 0 saturated carbocycles. The van der Waals surface area contributed by atoms with Gasteiger partial charge in [0.1, 0.15) is 0 Å². The number of anilines is 1. The number of methoxy groups -OCH3 is 2. The van der Waals surface area contributed by atoms with Crippen LogP contribution in [-0.4, -0.2) is 38.6 Å². The molecular formula is C15H23N3O4. The summed E-state index contributed by atoms with van der Waals surface area (Å²) in [5.41, 5.74) is 6.24. The van der Waals surface area contributed by atoms with E-state index in [1.807, 2.05) is 13.8 Å². The third-order valence-corrected chi connectivity index (χ3v) is 3.11. The number of hydrogen-bond donors (Lipinski definition) is 3. The molecule has 0 aliphatic rings. The Bertz CT molecular complexity index is 532. The first-order valence-corrected chi connectivity index (χ1v) is 6.94. The monoisotopic (exact) mass is 309 g/mol. The average Bonchev–Trinajstić information content (AvgIpc) is 2.51. The van der Waals surface area contributed by atoms with Crippen molar-refractivity contribution in [3.8, 4) is 11.5 Å². The maximum atomic E-state index is 11.8. The smallest absolute Gasteiger partial charge is 0.243 e. The van der Waals surface area contributed by atoms with Gasteiger partial charge in [0.25, 0.3) is 0 Å². The molecule has 0 bridgehead atoms. The van der Waals surface area contributed by atoms with Crippen LogP contribution >= 0.6 is 0 Å². The van der Waals surface area contributed by atoms with Crippen molar-refractivity contribution in [1.29, 1.82) is 0 Å². The molecule has 22 heavy (non-hydrogen) atoms. The van der Waals surface area contributed by atoms with Crippen molar-refractivity contribution in [1.82, 2.24) is 5.32 Å². The van der Waals surface area contributed by atoms with Gasteiger partial charge in [0, 0.05) is 11.8 Å². The fraction of sp³-hybridized carbons (Fsp3) is 0.467. The highest BCUT2D eigenvalue weighted by Gasteiger charge is 2.17. The molecular weight excluding hydrogens is 286 g/mol. The van der Waals surface area contributed by atoms with Crippen molar-refractivity contribution < 1.29 is 19.1 Å². The Hall–Kier alpha value is -2.28. The van der Waals surface area contributed by atoms with Gasteiger partial charge in [-0.3, -0.25) is 9.59 Å². The van der Waals surface area contributed by atoms with Crippen LogP contribution in [0, 0.1) is 5.92 Å². The molecule has 0 fully saturated rings. The second-order valence-corrected chi connectivity index (χ2v) is 5.11. The number of carbonyl (C=O) groups is 2. The van der Waals surface area contributed by atoms with Crippen molar-refractivity contribution in [2.75, 3.05) is 26.1 Å². The lowest BCUT2D eigenvalue weighted by atomic mass is 10.1. The number of hydrogen-bond acceptors (Lipinski definition) is 5. The molecule has 122 valence electrons. The molecule has 0 spiro atoms. The molecule has 2 amide bonds. The van der Waals surface area contributed by atoms with Gasteiger partial charge in [-0.05, 0) is 18.1 Å². The van der Waals surface area contributed by atoms with Gasteiger partial charge in [-0.25, -0.2) is 0 Å². The second kappa shape index (κ2) is 8.23. The van der Waals surface area contributed by atoms with Gasteiger partial charge in [0.2, 0.25) is 11.8 Å². The summed E-state index contributed by atoms with van der Waals surface area (Å²) in [5, 5.41) is 5.16. The van der Waals surface area contributed by atoms with Gasteiger partial charge in [-0.1, -0.05) is 13.8 Å². The lowest BCUT2D eigenvalue weighted by Crippen LogP contribution is -2.46. The molecule has 7 heteroatoms. The normalized spacial score (nSPS) is 11.7. The molecule has 4 N–H and O–H groups in total. The molecule has 0 radical (unpaired) electrons. The van der Waals surface area contributed by atoms with Gasteiger partial charge in [-0.2, -0.15) is 0 Å². The summed E-state index contributed by atoms with van der Waals surface area (Å²) in [4.78, 5) is 23.5. The minimum atomic E-state index is -0.631. The van der Waals surface area contributed by atoms with E-state index in [-0.39, 0.29) is 24.3 Å². The van der Waals surface area contributed by atoms with E-state index in [0.29, 0.717) is 17.2 Å². The highest BCUT2D eigenvalue weighted by Crippen LogP contribution is 2.29. The van der Waals surface area contributed by atoms with E-state index < -0.39 is 6.04 Å². The summed E-state index contributed by atoms with van der Waals surface area (Å²) >= 11 is 0. The van der Waals surface area contributed by atoms with Gasteiger partial charge >= 0.3 is 0 Å². The van der Waals surface area contributed by atoms with Crippen molar-refractivity contribution >= 4 is 17.5 Å². The van der Waals surface area contributed by atoms with Gasteiger partial charge in [0.05, 0.1) is 26.8 Å². The first kappa shape index (κ1) is 17.8. The topological polar surface area (TPSA) is 103 Å². The van der Waals surface area contributed by atoms with E-state index >= 15 is 0 Å². The lowest BCUT2D eigenvalue weighted by Gasteiger charge is -2.15. The zero-order valence-corrected chi connectivity index (χ0v) is 13.3. The van der Waals surface area contributed by atoms with Crippen molar-refractivity contribution in [2.24, 2.45) is 11.7 Å². The summed E-state index contributed by atoms with van der Waals surface area (Å²) in [6, 6.07) is 4.37. The number of nitrogens with one attached hydrogen (secondary N) is 2. The maximum absolute atomic E-state index is 11.8. The van der Waals surface area contributed by atoms with Crippen LogP contribution in [0.4, 0.5) is 5.69 Å². The Kier molecular flexibility index (Phi) is 6.65. The minimum Gasteiger partial charge on any atom is -0.493 e. The van der Waals surface area contributed by atoms with E-state index in [1.54, 1.807) is 18.2 Å². The highest BCUT2D eigenvalue weighted by atomic mass is 16.5. The fourth-order valence-corrected chi connectivity index (χ4v) is 1.71. The predicted octanol–water partition coefficient (Wildman–Crippen LogP) is 0.742. The van der Waals surface area contributed by atoms with Crippen LogP contribution in [0.15, 0.2) is 18.2 Å². The zero-order valence-electron chi connectivity index (χ0n) is 13.3. The predicted molar refractivity (Wildman–Crippen MR) is 84.0 cm³/mol. The standard InChI is InChI=1S/C15H23N3O4/c1-9(2)14(16)15(20)17-8-13(19)18-10-5-6-11(21-3)12(7-10)22-4/h5-7,9,14H,8,16H2,1-4H3,(H,17,20)(H,18,19)/t14-/m0/s1. The zero-order chi connectivity index (χ0) is 16.7. The Morgan fingerprint density at radius 1 is 1.18 bits per heavy atom. The quantitative estimate of drug-likeness (QED) is 0.689. The summed E-state index contributed by atoms with van der Waals surface area (Å²) in [6.07, 6.45) is 0. The van der Waals surface area contributed by atoms with Gasteiger partial charge < -0.3 is 25.8 Å². The van der Waals surface area contributed by atoms with Gasteiger partial charge in [0.15, 0.2) is 11.5 Å². The van der Waals surface area contributed by atoms with Crippen LogP contribution in [0.1, 0.15) is 13.8 Å². The summed E-state index contributed by atoms with van der Waals surface area (Å²) in [7, 11) is 3.04. The Labute approximate surface area is 130 Å². The van der Waals surface area contributed by atoms with E-state index in [0.717, 1.165) is 0 Å². The number of nitrogens with two attached hydrogens (primary N) is 1. The van der Waals surface area contributed by atoms with E-state index in [4.69, 9.17) is 15.2 Å². The number of ether oxygens (including phenoxy) is 2. The number of amides is 2. The Balaban J connectivity index is 2.57. The third kappa shape index (κ3) is 4.92. The van der Waals surface area contributed by atoms with Crippen LogP contribution in [0.5, 0.6) is 11.5 Å². The van der Waals surface area contributed by atoms with Crippen LogP contribution in [-0.2, 0) is 9.59 Å². The average molecular weight is 309 g/mol. The molecule has 0 aliphatic heterocycles. The lowest BCUT2D eigenvalue weighted by molar-refractivity contribution is -0.125. The molecule has 1 atom stereocenters. The SMILES string of the molecule is COc1ccc(NC(=O)CNC(=O)[C@@H](N)C(C)C)cc1OC. The Morgan fingerprint density at radius 3 is 2.36 bits per heavy atom. The second-order valence-electron chi connectivity index (χ2n) is 5.11. The minimum absolute atomic E-state index is 0.00825. The largest absolute Gasteiger partial charge is 0.493 e. The van der Waals surface area contributed by atoms with Crippen LogP contribution in [0.2, 0.25) is 0 Å². The molecule has 0 aliphatic carbocycles. The van der Waals surface area contributed by atoms with E-state index in [9.17, 15) is 9.59 Å². The molecule has 1 aromatic carbocycles. The number of carbonyl (C=O) groups excluding carboxylic acids is 2. The first-order chi connectivity index (χ1) is 10.4. The van der Waals surface area contributed by atoms with Crippen molar-refractivity contribution in [3.63, 3.8) is 0 Å². The first-order valence-electron chi connectivity index (χ1n) is 6.94. The maximum Gasteiger partial charge on any atom is 0.243 e. The number of rotatable bonds is 7. The fourth-order valence-electron chi connectivity index (χ4n) is 1.71.